The normalized spacial score (nSPS) is 10.1. The lowest BCUT2D eigenvalue weighted by molar-refractivity contribution is -0.140. The summed E-state index contributed by atoms with van der Waals surface area (Å²) in [6.45, 7) is 9.07. The van der Waals surface area contributed by atoms with E-state index in [9.17, 15) is 19.2 Å². The Morgan fingerprint density at radius 1 is 0.893 bits per heavy atom. The van der Waals surface area contributed by atoms with E-state index in [1.807, 2.05) is 45.2 Å². The number of hydrogen-bond donors (Lipinski definition) is 2. The lowest BCUT2D eigenvalue weighted by Crippen LogP contribution is -2.20. The van der Waals surface area contributed by atoms with E-state index in [4.69, 9.17) is 9.47 Å². The number of nitrogens with one attached hydrogen (secondary N) is 2. The second kappa shape index (κ2) is 10.7. The number of benzene rings is 1. The topological polar surface area (TPSA) is 111 Å². The average Bonchev–Trinajstić information content (AvgIpc) is 2.58. The summed E-state index contributed by atoms with van der Waals surface area (Å²) >= 11 is 3.94. The fourth-order valence-corrected chi connectivity index (χ4v) is 4.61. The predicted octanol–water partition coefficient (Wildman–Crippen LogP) is 3.40. The number of rotatable bonds is 7. The summed E-state index contributed by atoms with van der Waals surface area (Å²) in [5.41, 5.74) is 1.78. The Hall–Kier alpha value is -1.70. The van der Waals surface area contributed by atoms with Gasteiger partial charge in [0.1, 0.15) is 13.2 Å². The Balaban J connectivity index is 3.19. The molecule has 0 saturated carbocycles. The zero-order valence-corrected chi connectivity index (χ0v) is 20.1. The summed E-state index contributed by atoms with van der Waals surface area (Å²) in [5.74, 6) is -1.87. The molecule has 0 aliphatic heterocycles. The summed E-state index contributed by atoms with van der Waals surface area (Å²) in [5, 5.41) is 5.36. The molecule has 1 aromatic carbocycles. The maximum absolute atomic E-state index is 12.6. The van der Waals surface area contributed by atoms with Crippen LogP contribution < -0.4 is 10.6 Å². The second-order valence-electron chi connectivity index (χ2n) is 5.79. The molecule has 8 nitrogen and oxygen atoms in total. The minimum atomic E-state index is -0.664. The molecule has 0 fully saturated rings. The van der Waals surface area contributed by atoms with Crippen LogP contribution in [0.4, 0.5) is 11.4 Å². The highest BCUT2D eigenvalue weighted by atomic mass is 127. The van der Waals surface area contributed by atoms with Crippen LogP contribution in [0.5, 0.6) is 0 Å². The van der Waals surface area contributed by atoms with Crippen molar-refractivity contribution in [1.82, 2.24) is 0 Å². The first-order valence-electron chi connectivity index (χ1n) is 8.03. The van der Waals surface area contributed by atoms with Crippen molar-refractivity contribution < 1.29 is 28.7 Å². The van der Waals surface area contributed by atoms with E-state index in [0.29, 0.717) is 24.1 Å². The smallest absolute Gasteiger partial charge is 0.339 e. The predicted molar refractivity (Wildman–Crippen MR) is 121 cm³/mol. The van der Waals surface area contributed by atoms with Crippen LogP contribution in [0, 0.1) is 14.1 Å². The number of halogens is 2. The highest BCUT2D eigenvalue weighted by Gasteiger charge is 2.25. The van der Waals surface area contributed by atoms with Crippen LogP contribution in [0.2, 0.25) is 0 Å². The average molecular weight is 614 g/mol. The lowest BCUT2D eigenvalue weighted by Gasteiger charge is -2.20. The Bertz CT molecular complexity index is 808. The van der Waals surface area contributed by atoms with E-state index < -0.39 is 11.9 Å². The number of ether oxygens (including phenoxy) is 2. The molecular weight excluding hydrogens is 594 g/mol. The van der Waals surface area contributed by atoms with Crippen molar-refractivity contribution in [2.45, 2.75) is 27.7 Å². The monoisotopic (exact) mass is 614 g/mol. The van der Waals surface area contributed by atoms with Crippen LogP contribution in [-0.4, -0.2) is 37.0 Å². The van der Waals surface area contributed by atoms with Crippen LogP contribution in [0.1, 0.15) is 36.7 Å². The third-order valence-corrected chi connectivity index (χ3v) is 5.49. The standard InChI is InChI=1S/C18H20I2N2O6/c1-8(2)17(25)27-6-7-28-18(26)12-9(3)15(21-10(4)23)14(20)16(13(12)19)22-11(5)24/h1,6-7H2,2-5H3,(H,21,23)(H,22,24). The third kappa shape index (κ3) is 6.43. The number of amides is 2. The number of anilines is 2. The molecule has 10 heteroatoms. The molecule has 0 unspecified atom stereocenters. The van der Waals surface area contributed by atoms with E-state index in [-0.39, 0.29) is 36.2 Å². The van der Waals surface area contributed by atoms with Crippen LogP contribution >= 0.6 is 45.2 Å². The molecule has 0 spiro atoms. The van der Waals surface area contributed by atoms with Crippen LogP contribution in [0.25, 0.3) is 0 Å². The number of carbonyl (C=O) groups excluding carboxylic acids is 4. The molecule has 2 amide bonds. The molecule has 152 valence electrons. The first-order chi connectivity index (χ1) is 13.0. The van der Waals surface area contributed by atoms with Crippen molar-refractivity contribution in [2.24, 2.45) is 0 Å². The molecular formula is C18H20I2N2O6. The van der Waals surface area contributed by atoms with Crippen LogP contribution in [0.15, 0.2) is 12.2 Å². The van der Waals surface area contributed by atoms with Crippen molar-refractivity contribution in [3.63, 3.8) is 0 Å². The van der Waals surface area contributed by atoms with Crippen LogP contribution in [-0.2, 0) is 23.9 Å². The van der Waals surface area contributed by atoms with Crippen molar-refractivity contribution in [3.05, 3.63) is 30.4 Å². The van der Waals surface area contributed by atoms with Crippen molar-refractivity contribution in [1.29, 1.82) is 0 Å². The second-order valence-corrected chi connectivity index (χ2v) is 7.95. The summed E-state index contributed by atoms with van der Waals surface area (Å²) in [6, 6.07) is 0. The molecule has 0 aliphatic rings. The fraction of sp³-hybridized carbons (Fsp3) is 0.333. The van der Waals surface area contributed by atoms with Gasteiger partial charge in [0.15, 0.2) is 0 Å². The minimum absolute atomic E-state index is 0.117. The van der Waals surface area contributed by atoms with Gasteiger partial charge in [-0.3, -0.25) is 9.59 Å². The van der Waals surface area contributed by atoms with E-state index in [1.54, 1.807) is 6.92 Å². The molecule has 28 heavy (non-hydrogen) atoms. The Kier molecular flexibility index (Phi) is 9.33. The highest BCUT2D eigenvalue weighted by molar-refractivity contribution is 14.1. The molecule has 1 rings (SSSR count). The van der Waals surface area contributed by atoms with E-state index in [0.717, 1.165) is 0 Å². The molecule has 0 heterocycles. The van der Waals surface area contributed by atoms with Gasteiger partial charge in [-0.25, -0.2) is 9.59 Å². The molecule has 0 aliphatic carbocycles. The molecule has 0 aromatic heterocycles. The van der Waals surface area contributed by atoms with Gasteiger partial charge in [0.05, 0.1) is 24.1 Å². The summed E-state index contributed by atoms with van der Waals surface area (Å²) in [7, 11) is 0. The zero-order valence-electron chi connectivity index (χ0n) is 15.8. The number of carbonyl (C=O) groups is 4. The minimum Gasteiger partial charge on any atom is -0.459 e. The van der Waals surface area contributed by atoms with Crippen molar-refractivity contribution >= 4 is 80.3 Å². The van der Waals surface area contributed by atoms with Gasteiger partial charge in [-0.2, -0.15) is 0 Å². The molecule has 1 aromatic rings. The quantitative estimate of drug-likeness (QED) is 0.211. The maximum Gasteiger partial charge on any atom is 0.339 e. The van der Waals surface area contributed by atoms with E-state index in [1.165, 1.54) is 20.8 Å². The van der Waals surface area contributed by atoms with Gasteiger partial charge >= 0.3 is 11.9 Å². The Morgan fingerprint density at radius 2 is 1.39 bits per heavy atom. The van der Waals surface area contributed by atoms with E-state index in [2.05, 4.69) is 17.2 Å². The Labute approximate surface area is 190 Å². The van der Waals surface area contributed by atoms with Gasteiger partial charge in [-0.05, 0) is 64.6 Å². The van der Waals surface area contributed by atoms with Crippen molar-refractivity contribution in [2.75, 3.05) is 23.8 Å². The SMILES string of the molecule is C=C(C)C(=O)OCCOC(=O)c1c(C)c(NC(C)=O)c(I)c(NC(C)=O)c1I. The molecule has 0 saturated heterocycles. The Morgan fingerprint density at radius 3 is 1.89 bits per heavy atom. The first kappa shape index (κ1) is 24.3. The molecule has 0 atom stereocenters. The number of hydrogen-bond acceptors (Lipinski definition) is 6. The van der Waals surface area contributed by atoms with Crippen LogP contribution in [0.3, 0.4) is 0 Å². The zero-order chi connectivity index (χ0) is 21.6. The van der Waals surface area contributed by atoms with Crippen molar-refractivity contribution in [3.8, 4) is 0 Å². The van der Waals surface area contributed by atoms with E-state index >= 15 is 0 Å². The van der Waals surface area contributed by atoms with Gasteiger partial charge in [0.2, 0.25) is 11.8 Å². The first-order valence-corrected chi connectivity index (χ1v) is 10.2. The summed E-state index contributed by atoms with van der Waals surface area (Å²) in [4.78, 5) is 47.1. The largest absolute Gasteiger partial charge is 0.459 e. The van der Waals surface area contributed by atoms with Gasteiger partial charge in [-0.15, -0.1) is 0 Å². The number of esters is 2. The van der Waals surface area contributed by atoms with Gasteiger partial charge in [0.25, 0.3) is 0 Å². The molecule has 2 N–H and O–H groups in total. The van der Waals surface area contributed by atoms with Gasteiger partial charge in [0, 0.05) is 19.4 Å². The lowest BCUT2D eigenvalue weighted by atomic mass is 10.0. The molecule has 0 bridgehead atoms. The summed E-state index contributed by atoms with van der Waals surface area (Å²) in [6.07, 6.45) is 0. The van der Waals surface area contributed by atoms with Gasteiger partial charge < -0.3 is 20.1 Å². The van der Waals surface area contributed by atoms with Gasteiger partial charge in [-0.1, -0.05) is 6.58 Å². The fourth-order valence-electron chi connectivity index (χ4n) is 2.12. The third-order valence-electron chi connectivity index (χ3n) is 3.33. The maximum atomic E-state index is 12.6. The molecule has 0 radical (unpaired) electrons. The summed E-state index contributed by atoms with van der Waals surface area (Å²) < 4.78 is 11.2. The highest BCUT2D eigenvalue weighted by Crippen LogP contribution is 2.38.